The van der Waals surface area contributed by atoms with Crippen molar-refractivity contribution in [1.82, 2.24) is 9.13 Å². The Bertz CT molecular complexity index is 2340. The molecule has 192 valence electrons. The van der Waals surface area contributed by atoms with E-state index in [1.807, 2.05) is 54.6 Å². The van der Waals surface area contributed by atoms with Crippen molar-refractivity contribution >= 4 is 43.6 Å². The molecule has 0 amide bonds. The lowest BCUT2D eigenvalue weighted by molar-refractivity contribution is 0.537. The highest BCUT2D eigenvalue weighted by atomic mass is 19.1. The Labute approximate surface area is 230 Å². The van der Waals surface area contributed by atoms with Gasteiger partial charge in [0.25, 0.3) is 0 Å². The fourth-order valence-corrected chi connectivity index (χ4v) is 5.82. The van der Waals surface area contributed by atoms with Crippen LogP contribution >= 0.6 is 0 Å². The fourth-order valence-electron chi connectivity index (χ4n) is 5.82. The lowest BCUT2D eigenvalue weighted by Gasteiger charge is -2.15. The van der Waals surface area contributed by atoms with Crippen LogP contribution in [0.5, 0.6) is 0 Å². The van der Waals surface area contributed by atoms with Gasteiger partial charge in [0.2, 0.25) is 0 Å². The molecular formula is C33H14F3N5. The van der Waals surface area contributed by atoms with E-state index >= 15 is 8.78 Å². The molecule has 2 heterocycles. The summed E-state index contributed by atoms with van der Waals surface area (Å²) in [7, 11) is 0. The van der Waals surface area contributed by atoms with Crippen molar-refractivity contribution in [2.45, 2.75) is 0 Å². The van der Waals surface area contributed by atoms with Crippen LogP contribution in [0.4, 0.5) is 13.2 Å². The molecule has 0 bridgehead atoms. The summed E-state index contributed by atoms with van der Waals surface area (Å²) in [6, 6.07) is 28.5. The number of halogens is 3. The molecule has 0 aliphatic carbocycles. The maximum absolute atomic E-state index is 15.5. The van der Waals surface area contributed by atoms with Crippen LogP contribution in [0.2, 0.25) is 0 Å². The Morgan fingerprint density at radius 2 is 0.976 bits per heavy atom. The van der Waals surface area contributed by atoms with Gasteiger partial charge in [-0.3, -0.25) is 0 Å². The van der Waals surface area contributed by atoms with Crippen molar-refractivity contribution in [3.63, 3.8) is 0 Å². The van der Waals surface area contributed by atoms with Crippen LogP contribution in [0, 0.1) is 51.4 Å². The Kier molecular flexibility index (Phi) is 5.12. The SMILES string of the molecule is N#Cc1cc(C#N)c(-n2c3ccccc3c3ccc4c5ccccc5n(-c5c(F)cc(F)cc5F)c4c32)c(C#N)c1. The van der Waals surface area contributed by atoms with E-state index in [4.69, 9.17) is 0 Å². The molecule has 41 heavy (non-hydrogen) atoms. The first-order chi connectivity index (χ1) is 20.0. The minimum Gasteiger partial charge on any atom is -0.305 e. The zero-order valence-electron chi connectivity index (χ0n) is 21.0. The van der Waals surface area contributed by atoms with Crippen LogP contribution in [0.25, 0.3) is 55.0 Å². The monoisotopic (exact) mass is 537 g/mol. The van der Waals surface area contributed by atoms with Gasteiger partial charge in [-0.1, -0.05) is 48.5 Å². The van der Waals surface area contributed by atoms with Crippen LogP contribution in [0.3, 0.4) is 0 Å². The second kappa shape index (κ2) is 8.74. The van der Waals surface area contributed by atoms with Crippen molar-refractivity contribution in [2.24, 2.45) is 0 Å². The van der Waals surface area contributed by atoms with Crippen molar-refractivity contribution in [2.75, 3.05) is 0 Å². The number of benzene rings is 5. The lowest BCUT2D eigenvalue weighted by Crippen LogP contribution is -2.06. The quantitative estimate of drug-likeness (QED) is 0.225. The first-order valence-corrected chi connectivity index (χ1v) is 12.5. The van der Waals surface area contributed by atoms with Gasteiger partial charge in [0.05, 0.1) is 50.5 Å². The minimum absolute atomic E-state index is 0.0852. The fraction of sp³-hybridized carbons (Fsp3) is 0. The van der Waals surface area contributed by atoms with E-state index in [9.17, 15) is 20.2 Å². The summed E-state index contributed by atoms with van der Waals surface area (Å²) in [5.74, 6) is -3.21. The lowest BCUT2D eigenvalue weighted by atomic mass is 10.0. The van der Waals surface area contributed by atoms with Gasteiger partial charge in [-0.15, -0.1) is 0 Å². The van der Waals surface area contributed by atoms with Crippen LogP contribution in [0.15, 0.2) is 84.9 Å². The third-order valence-electron chi connectivity index (χ3n) is 7.38. The van der Waals surface area contributed by atoms with Crippen LogP contribution in [-0.4, -0.2) is 9.13 Å². The van der Waals surface area contributed by atoms with E-state index in [0.717, 1.165) is 5.39 Å². The Balaban J connectivity index is 1.82. The average molecular weight is 538 g/mol. The average Bonchev–Trinajstić information content (AvgIpc) is 3.49. The molecule has 2 aromatic heterocycles. The number of hydrogen-bond donors (Lipinski definition) is 0. The van der Waals surface area contributed by atoms with Crippen LogP contribution in [0.1, 0.15) is 16.7 Å². The molecule has 7 aromatic rings. The number of para-hydroxylation sites is 2. The zero-order chi connectivity index (χ0) is 28.4. The number of rotatable bonds is 2. The van der Waals surface area contributed by atoms with E-state index in [1.165, 1.54) is 16.7 Å². The number of nitrogens with zero attached hydrogens (tertiary/aromatic N) is 5. The van der Waals surface area contributed by atoms with Gasteiger partial charge < -0.3 is 9.13 Å². The summed E-state index contributed by atoms with van der Waals surface area (Å²) in [6.07, 6.45) is 0. The molecule has 0 atom stereocenters. The highest BCUT2D eigenvalue weighted by Gasteiger charge is 2.26. The summed E-state index contributed by atoms with van der Waals surface area (Å²) in [5.41, 5.74) is 2.12. The van der Waals surface area contributed by atoms with E-state index in [2.05, 4.69) is 12.1 Å². The Morgan fingerprint density at radius 1 is 0.512 bits per heavy atom. The molecule has 0 radical (unpaired) electrons. The number of hydrogen-bond acceptors (Lipinski definition) is 3. The smallest absolute Gasteiger partial charge is 0.153 e. The maximum Gasteiger partial charge on any atom is 0.153 e. The molecule has 0 unspecified atom stereocenters. The zero-order valence-corrected chi connectivity index (χ0v) is 21.0. The Hall–Kier alpha value is -6.04. The predicted octanol–water partition coefficient (Wildman–Crippen LogP) is 7.91. The summed E-state index contributed by atoms with van der Waals surface area (Å²) >= 11 is 0. The Morgan fingerprint density at radius 3 is 1.44 bits per heavy atom. The summed E-state index contributed by atoms with van der Waals surface area (Å²) < 4.78 is 48.1. The van der Waals surface area contributed by atoms with Gasteiger partial charge in [-0.25, -0.2) is 13.2 Å². The summed E-state index contributed by atoms with van der Waals surface area (Å²) in [6.45, 7) is 0. The third-order valence-corrected chi connectivity index (χ3v) is 7.38. The highest BCUT2D eigenvalue weighted by molar-refractivity contribution is 6.24. The van der Waals surface area contributed by atoms with E-state index in [0.29, 0.717) is 50.4 Å². The molecular weight excluding hydrogens is 523 g/mol. The number of aromatic nitrogens is 2. The summed E-state index contributed by atoms with van der Waals surface area (Å²) in [5, 5.41) is 32.6. The highest BCUT2D eigenvalue weighted by Crippen LogP contribution is 2.43. The third kappa shape index (κ3) is 3.27. The van der Waals surface area contributed by atoms with Gasteiger partial charge in [0, 0.05) is 33.7 Å². The summed E-state index contributed by atoms with van der Waals surface area (Å²) in [4.78, 5) is 0. The van der Waals surface area contributed by atoms with Gasteiger partial charge in [0.15, 0.2) is 11.6 Å². The van der Waals surface area contributed by atoms with Gasteiger partial charge >= 0.3 is 0 Å². The first kappa shape index (κ1) is 24.0. The number of nitriles is 3. The van der Waals surface area contributed by atoms with Crippen LogP contribution in [-0.2, 0) is 0 Å². The molecule has 0 fully saturated rings. The molecule has 5 aromatic carbocycles. The second-order valence-corrected chi connectivity index (χ2v) is 9.54. The molecule has 0 aliphatic rings. The first-order valence-electron chi connectivity index (χ1n) is 12.5. The van der Waals surface area contributed by atoms with E-state index in [1.54, 1.807) is 16.7 Å². The predicted molar refractivity (Wildman–Crippen MR) is 149 cm³/mol. The van der Waals surface area contributed by atoms with Gasteiger partial charge in [-0.2, -0.15) is 15.8 Å². The normalized spacial score (nSPS) is 11.2. The molecule has 8 heteroatoms. The maximum atomic E-state index is 15.5. The van der Waals surface area contributed by atoms with Gasteiger partial charge in [-0.05, 0) is 24.3 Å². The van der Waals surface area contributed by atoms with E-state index in [-0.39, 0.29) is 22.4 Å². The van der Waals surface area contributed by atoms with Gasteiger partial charge in [0.1, 0.15) is 23.6 Å². The van der Waals surface area contributed by atoms with Crippen molar-refractivity contribution < 1.29 is 13.2 Å². The van der Waals surface area contributed by atoms with Crippen molar-refractivity contribution in [3.05, 3.63) is 119 Å². The van der Waals surface area contributed by atoms with Crippen molar-refractivity contribution in [3.8, 4) is 29.6 Å². The molecule has 7 rings (SSSR count). The largest absolute Gasteiger partial charge is 0.305 e. The topological polar surface area (TPSA) is 81.2 Å². The molecule has 5 nitrogen and oxygen atoms in total. The molecule has 0 aliphatic heterocycles. The standard InChI is InChI=1S/C33H14F3N5/c34-21-13-26(35)33(27(36)14-21)41-29-8-4-2-6-23(29)25-10-9-24-22-5-1-3-7-28(22)40(31(24)32(25)41)30-19(16-38)11-18(15-37)12-20(30)17-39/h1-14H. The minimum atomic E-state index is -1.08. The molecule has 0 spiro atoms. The van der Waals surface area contributed by atoms with E-state index < -0.39 is 23.1 Å². The number of fused-ring (bicyclic) bond motifs is 7. The van der Waals surface area contributed by atoms with Crippen LogP contribution < -0.4 is 0 Å². The molecule has 0 saturated heterocycles. The van der Waals surface area contributed by atoms with Crippen molar-refractivity contribution in [1.29, 1.82) is 15.8 Å². The second-order valence-electron chi connectivity index (χ2n) is 9.54. The molecule has 0 saturated carbocycles. The molecule has 0 N–H and O–H groups in total.